The topological polar surface area (TPSA) is 0 Å². The van der Waals surface area contributed by atoms with E-state index in [9.17, 15) is 4.39 Å². The second-order valence-corrected chi connectivity index (χ2v) is 5.32. The van der Waals surface area contributed by atoms with Crippen LogP contribution in [0.3, 0.4) is 0 Å². The van der Waals surface area contributed by atoms with Gasteiger partial charge in [-0.25, -0.2) is 4.39 Å². The lowest BCUT2D eigenvalue weighted by molar-refractivity contribution is 0.539. The molecule has 0 spiro atoms. The van der Waals surface area contributed by atoms with Gasteiger partial charge in [0.15, 0.2) is 0 Å². The Morgan fingerprint density at radius 3 is 2.56 bits per heavy atom. The molecule has 0 saturated carbocycles. The van der Waals surface area contributed by atoms with Crippen molar-refractivity contribution in [3.8, 4) is 0 Å². The average Bonchev–Trinajstić information content (AvgIpc) is 2.22. The van der Waals surface area contributed by atoms with Gasteiger partial charge in [0, 0.05) is 16.0 Å². The highest BCUT2D eigenvalue weighted by Gasteiger charge is 2.11. The van der Waals surface area contributed by atoms with Crippen LogP contribution in [0, 0.1) is 11.7 Å². The first kappa shape index (κ1) is 13.8. The molecule has 0 bridgehead atoms. The Hall–Kier alpha value is -0.270. The van der Waals surface area contributed by atoms with Gasteiger partial charge in [0.25, 0.3) is 0 Å². The van der Waals surface area contributed by atoms with E-state index in [1.165, 1.54) is 6.07 Å². The molecule has 0 aliphatic rings. The highest BCUT2D eigenvalue weighted by Crippen LogP contribution is 2.23. The number of hydrogen-bond donors (Lipinski definition) is 0. The number of alkyl halides is 1. The van der Waals surface area contributed by atoms with Gasteiger partial charge >= 0.3 is 0 Å². The maximum absolute atomic E-state index is 13.4. The molecule has 0 nitrogen and oxygen atoms in total. The van der Waals surface area contributed by atoms with Gasteiger partial charge in [-0.05, 0) is 37.3 Å². The number of hydrogen-bond acceptors (Lipinski definition) is 0. The van der Waals surface area contributed by atoms with E-state index in [0.717, 1.165) is 12.8 Å². The second-order valence-electron chi connectivity index (χ2n) is 4.35. The zero-order valence-electron chi connectivity index (χ0n) is 9.64. The monoisotopic (exact) mass is 262 g/mol. The fourth-order valence-corrected chi connectivity index (χ4v) is 1.99. The maximum atomic E-state index is 13.4. The zero-order chi connectivity index (χ0) is 12.1. The standard InChI is InChI=1S/C13H17Cl2F/c1-9(2)11(14)6-3-5-10-12(15)7-4-8-13(10)16/h4,7-9,11H,3,5-6H2,1-2H3. The number of halogens is 3. The number of rotatable bonds is 5. The second kappa shape index (κ2) is 6.46. The summed E-state index contributed by atoms with van der Waals surface area (Å²) in [6.07, 6.45) is 2.42. The van der Waals surface area contributed by atoms with Gasteiger partial charge in [-0.3, -0.25) is 0 Å². The lowest BCUT2D eigenvalue weighted by Crippen LogP contribution is -2.08. The van der Waals surface area contributed by atoms with Crippen LogP contribution in [0.2, 0.25) is 5.02 Å². The minimum absolute atomic E-state index is 0.158. The molecule has 0 aliphatic heterocycles. The summed E-state index contributed by atoms with van der Waals surface area (Å²) in [7, 11) is 0. The summed E-state index contributed by atoms with van der Waals surface area (Å²) in [6, 6.07) is 4.79. The summed E-state index contributed by atoms with van der Waals surface area (Å²) < 4.78 is 13.4. The van der Waals surface area contributed by atoms with Crippen LogP contribution in [0.4, 0.5) is 4.39 Å². The van der Waals surface area contributed by atoms with Crippen LogP contribution in [0.15, 0.2) is 18.2 Å². The van der Waals surface area contributed by atoms with E-state index in [4.69, 9.17) is 23.2 Å². The van der Waals surface area contributed by atoms with Gasteiger partial charge in [0.1, 0.15) is 5.82 Å². The van der Waals surface area contributed by atoms with Crippen LogP contribution in [0.5, 0.6) is 0 Å². The maximum Gasteiger partial charge on any atom is 0.127 e. The highest BCUT2D eigenvalue weighted by molar-refractivity contribution is 6.31. The van der Waals surface area contributed by atoms with Gasteiger partial charge in [-0.1, -0.05) is 31.5 Å². The van der Waals surface area contributed by atoms with Crippen molar-refractivity contribution in [3.63, 3.8) is 0 Å². The molecule has 0 radical (unpaired) electrons. The first-order chi connectivity index (χ1) is 7.52. The van der Waals surface area contributed by atoms with Gasteiger partial charge < -0.3 is 0 Å². The fraction of sp³-hybridized carbons (Fsp3) is 0.538. The summed E-state index contributed by atoms with van der Waals surface area (Å²) in [5, 5.41) is 0.668. The molecule has 0 saturated heterocycles. The molecule has 90 valence electrons. The average molecular weight is 263 g/mol. The SMILES string of the molecule is CC(C)C(Cl)CCCc1c(F)cccc1Cl. The van der Waals surface area contributed by atoms with Crippen LogP contribution in [0.25, 0.3) is 0 Å². The van der Waals surface area contributed by atoms with Gasteiger partial charge in [-0.2, -0.15) is 0 Å². The molecule has 1 aromatic carbocycles. The van der Waals surface area contributed by atoms with E-state index in [0.29, 0.717) is 22.9 Å². The summed E-state index contributed by atoms with van der Waals surface area (Å²) in [6.45, 7) is 4.18. The minimum Gasteiger partial charge on any atom is -0.207 e. The minimum atomic E-state index is -0.219. The van der Waals surface area contributed by atoms with E-state index in [1.807, 2.05) is 0 Å². The summed E-state index contributed by atoms with van der Waals surface area (Å²) in [5.74, 6) is 0.237. The lowest BCUT2D eigenvalue weighted by Gasteiger charge is -2.13. The molecule has 0 heterocycles. The zero-order valence-corrected chi connectivity index (χ0v) is 11.2. The Kier molecular flexibility index (Phi) is 5.57. The van der Waals surface area contributed by atoms with Crippen LogP contribution < -0.4 is 0 Å². The Bertz CT molecular complexity index is 316. The molecule has 0 aliphatic carbocycles. The van der Waals surface area contributed by atoms with Crippen molar-refractivity contribution in [2.75, 3.05) is 0 Å². The van der Waals surface area contributed by atoms with Gasteiger partial charge in [0.05, 0.1) is 0 Å². The van der Waals surface area contributed by atoms with Crippen molar-refractivity contribution in [3.05, 3.63) is 34.6 Å². The molecule has 0 amide bonds. The van der Waals surface area contributed by atoms with Crippen molar-refractivity contribution >= 4 is 23.2 Å². The Morgan fingerprint density at radius 2 is 2.00 bits per heavy atom. The molecule has 0 N–H and O–H groups in total. The Morgan fingerprint density at radius 1 is 1.31 bits per heavy atom. The molecule has 0 aromatic heterocycles. The Labute approximate surface area is 107 Å². The molecular formula is C13H17Cl2F. The van der Waals surface area contributed by atoms with Gasteiger partial charge in [-0.15, -0.1) is 11.6 Å². The predicted octanol–water partition coefficient (Wildman–Crippen LogP) is 5.07. The quantitative estimate of drug-likeness (QED) is 0.651. The molecular weight excluding hydrogens is 246 g/mol. The first-order valence-electron chi connectivity index (χ1n) is 5.59. The molecule has 1 rings (SSSR count). The summed E-state index contributed by atoms with van der Waals surface area (Å²) >= 11 is 12.1. The van der Waals surface area contributed by atoms with Crippen LogP contribution in [-0.2, 0) is 6.42 Å². The van der Waals surface area contributed by atoms with E-state index >= 15 is 0 Å². The van der Waals surface area contributed by atoms with E-state index in [1.54, 1.807) is 12.1 Å². The van der Waals surface area contributed by atoms with Crippen molar-refractivity contribution in [2.24, 2.45) is 5.92 Å². The normalized spacial score (nSPS) is 13.1. The molecule has 3 heteroatoms. The smallest absolute Gasteiger partial charge is 0.127 e. The van der Waals surface area contributed by atoms with E-state index < -0.39 is 0 Å². The molecule has 1 unspecified atom stereocenters. The van der Waals surface area contributed by atoms with Crippen molar-refractivity contribution in [1.29, 1.82) is 0 Å². The molecule has 1 atom stereocenters. The number of benzene rings is 1. The lowest BCUT2D eigenvalue weighted by atomic mass is 10.0. The molecule has 1 aromatic rings. The fourth-order valence-electron chi connectivity index (χ4n) is 1.58. The van der Waals surface area contributed by atoms with Crippen LogP contribution >= 0.6 is 23.2 Å². The first-order valence-corrected chi connectivity index (χ1v) is 6.40. The molecule has 16 heavy (non-hydrogen) atoms. The third-order valence-electron chi connectivity index (χ3n) is 2.69. The summed E-state index contributed by atoms with van der Waals surface area (Å²) in [4.78, 5) is 0. The third kappa shape index (κ3) is 3.95. The van der Waals surface area contributed by atoms with Crippen molar-refractivity contribution < 1.29 is 4.39 Å². The largest absolute Gasteiger partial charge is 0.207 e. The van der Waals surface area contributed by atoms with E-state index in [-0.39, 0.29) is 11.2 Å². The molecule has 0 fully saturated rings. The highest BCUT2D eigenvalue weighted by atomic mass is 35.5. The third-order valence-corrected chi connectivity index (χ3v) is 3.77. The van der Waals surface area contributed by atoms with Gasteiger partial charge in [0.2, 0.25) is 0 Å². The Balaban J connectivity index is 2.49. The summed E-state index contributed by atoms with van der Waals surface area (Å²) in [5.41, 5.74) is 0.608. The van der Waals surface area contributed by atoms with Crippen molar-refractivity contribution in [1.82, 2.24) is 0 Å². The van der Waals surface area contributed by atoms with Crippen molar-refractivity contribution in [2.45, 2.75) is 38.5 Å². The van der Waals surface area contributed by atoms with Crippen LogP contribution in [0.1, 0.15) is 32.3 Å². The van der Waals surface area contributed by atoms with Crippen LogP contribution in [-0.4, -0.2) is 5.38 Å². The van der Waals surface area contributed by atoms with E-state index in [2.05, 4.69) is 13.8 Å². The predicted molar refractivity (Wildman–Crippen MR) is 68.8 cm³/mol.